The van der Waals surface area contributed by atoms with E-state index in [0.29, 0.717) is 10.3 Å². The molecule has 1 N–H and O–H groups in total. The summed E-state index contributed by atoms with van der Waals surface area (Å²) in [5.41, 5.74) is 0. The molecule has 2 rings (SSSR count). The third-order valence-corrected chi connectivity index (χ3v) is 3.80. The maximum absolute atomic E-state index is 13.1. The van der Waals surface area contributed by atoms with Crippen LogP contribution in [0.3, 0.4) is 0 Å². The van der Waals surface area contributed by atoms with Gasteiger partial charge in [0.1, 0.15) is 11.9 Å². The van der Waals surface area contributed by atoms with Crippen molar-refractivity contribution in [2.75, 3.05) is 6.61 Å². The van der Waals surface area contributed by atoms with Crippen molar-refractivity contribution in [2.45, 2.75) is 19.9 Å². The summed E-state index contributed by atoms with van der Waals surface area (Å²) in [5, 5.41) is 3.23. The van der Waals surface area contributed by atoms with Gasteiger partial charge in [0, 0.05) is 4.70 Å². The molecule has 0 aliphatic heterocycles. The molecule has 0 aliphatic rings. The van der Waals surface area contributed by atoms with Crippen molar-refractivity contribution in [3.8, 4) is 0 Å². The fourth-order valence-corrected chi connectivity index (χ4v) is 2.67. The molecule has 0 spiro atoms. The molecule has 2 aromatic rings. The van der Waals surface area contributed by atoms with Gasteiger partial charge < -0.3 is 10.1 Å². The minimum atomic E-state index is -0.718. The smallest absolute Gasteiger partial charge is 0.328 e. The van der Waals surface area contributed by atoms with Crippen LogP contribution in [0.2, 0.25) is 0 Å². The van der Waals surface area contributed by atoms with E-state index >= 15 is 0 Å². The van der Waals surface area contributed by atoms with E-state index in [1.807, 2.05) is 0 Å². The van der Waals surface area contributed by atoms with Crippen LogP contribution in [0.15, 0.2) is 24.3 Å². The zero-order valence-electron chi connectivity index (χ0n) is 11.1. The SMILES string of the molecule is CCOC(=O)C(C)NC(=O)c1cc2cc(F)ccc2s1. The lowest BCUT2D eigenvalue weighted by atomic mass is 10.2. The maximum atomic E-state index is 13.1. The van der Waals surface area contributed by atoms with Crippen LogP contribution in [0.5, 0.6) is 0 Å². The van der Waals surface area contributed by atoms with E-state index in [9.17, 15) is 14.0 Å². The fourth-order valence-electron chi connectivity index (χ4n) is 1.72. The fraction of sp³-hybridized carbons (Fsp3) is 0.286. The molecule has 0 fully saturated rings. The second-order valence-electron chi connectivity index (χ2n) is 4.24. The molecule has 6 heteroatoms. The van der Waals surface area contributed by atoms with Crippen molar-refractivity contribution in [1.29, 1.82) is 0 Å². The predicted octanol–water partition coefficient (Wildman–Crippen LogP) is 2.72. The van der Waals surface area contributed by atoms with Crippen molar-refractivity contribution in [3.05, 3.63) is 35.0 Å². The molecular formula is C14H14FNO3S. The second kappa shape index (κ2) is 6.00. The van der Waals surface area contributed by atoms with Gasteiger partial charge in [0.25, 0.3) is 5.91 Å². The molecule has 106 valence electrons. The first-order valence-electron chi connectivity index (χ1n) is 6.18. The number of nitrogens with one attached hydrogen (secondary N) is 1. The maximum Gasteiger partial charge on any atom is 0.328 e. The van der Waals surface area contributed by atoms with Crippen molar-refractivity contribution in [1.82, 2.24) is 5.32 Å². The summed E-state index contributed by atoms with van der Waals surface area (Å²) >= 11 is 1.25. The van der Waals surface area contributed by atoms with E-state index in [0.717, 1.165) is 4.70 Å². The number of carbonyl (C=O) groups excluding carboxylic acids is 2. The van der Waals surface area contributed by atoms with E-state index in [2.05, 4.69) is 5.32 Å². The Hall–Kier alpha value is -1.95. The van der Waals surface area contributed by atoms with Crippen LogP contribution in [-0.4, -0.2) is 24.5 Å². The number of fused-ring (bicyclic) bond motifs is 1. The Morgan fingerprint density at radius 1 is 1.40 bits per heavy atom. The summed E-state index contributed by atoms with van der Waals surface area (Å²) < 4.78 is 18.7. The highest BCUT2D eigenvalue weighted by molar-refractivity contribution is 7.20. The summed E-state index contributed by atoms with van der Waals surface area (Å²) in [7, 11) is 0. The molecule has 1 aromatic heterocycles. The number of esters is 1. The van der Waals surface area contributed by atoms with Gasteiger partial charge in [-0.25, -0.2) is 9.18 Å². The molecule has 0 saturated heterocycles. The van der Waals surface area contributed by atoms with Gasteiger partial charge in [0.15, 0.2) is 0 Å². The Labute approximate surface area is 119 Å². The number of hydrogen-bond acceptors (Lipinski definition) is 4. The predicted molar refractivity (Wildman–Crippen MR) is 75.3 cm³/mol. The lowest BCUT2D eigenvalue weighted by Crippen LogP contribution is -2.39. The largest absolute Gasteiger partial charge is 0.464 e. The molecule has 0 bridgehead atoms. The van der Waals surface area contributed by atoms with Crippen molar-refractivity contribution in [3.63, 3.8) is 0 Å². The summed E-state index contributed by atoms with van der Waals surface area (Å²) in [6, 6.07) is 5.24. The van der Waals surface area contributed by atoms with Gasteiger partial charge in [0.2, 0.25) is 0 Å². The highest BCUT2D eigenvalue weighted by Gasteiger charge is 2.19. The lowest BCUT2D eigenvalue weighted by molar-refractivity contribution is -0.144. The Morgan fingerprint density at radius 3 is 2.85 bits per heavy atom. The third-order valence-electron chi connectivity index (χ3n) is 2.69. The molecule has 0 saturated carbocycles. The third kappa shape index (κ3) is 3.14. The zero-order chi connectivity index (χ0) is 14.7. The van der Waals surface area contributed by atoms with E-state index in [1.165, 1.54) is 23.5 Å². The summed E-state index contributed by atoms with van der Waals surface area (Å²) in [6.45, 7) is 3.52. The van der Waals surface area contributed by atoms with Crippen LogP contribution in [0.4, 0.5) is 4.39 Å². The van der Waals surface area contributed by atoms with Crippen molar-refractivity contribution < 1.29 is 18.7 Å². The van der Waals surface area contributed by atoms with Crippen LogP contribution in [0.25, 0.3) is 10.1 Å². The molecule has 1 aromatic carbocycles. The monoisotopic (exact) mass is 295 g/mol. The topological polar surface area (TPSA) is 55.4 Å². The van der Waals surface area contributed by atoms with Gasteiger partial charge in [-0.2, -0.15) is 0 Å². The molecule has 1 atom stereocenters. The van der Waals surface area contributed by atoms with E-state index < -0.39 is 12.0 Å². The van der Waals surface area contributed by atoms with Crippen molar-refractivity contribution >= 4 is 33.3 Å². The van der Waals surface area contributed by atoms with Crippen LogP contribution < -0.4 is 5.32 Å². The molecule has 1 amide bonds. The van der Waals surface area contributed by atoms with Crippen molar-refractivity contribution in [2.24, 2.45) is 0 Å². The normalized spacial score (nSPS) is 12.2. The Kier molecular flexibility index (Phi) is 4.34. The van der Waals surface area contributed by atoms with E-state index in [4.69, 9.17) is 4.74 Å². The quantitative estimate of drug-likeness (QED) is 0.882. The zero-order valence-corrected chi connectivity index (χ0v) is 11.9. The summed E-state index contributed by atoms with van der Waals surface area (Å²) in [5.74, 6) is -1.19. The van der Waals surface area contributed by atoms with Gasteiger partial charge >= 0.3 is 5.97 Å². The molecular weight excluding hydrogens is 281 g/mol. The Morgan fingerprint density at radius 2 is 2.15 bits per heavy atom. The first-order chi connectivity index (χ1) is 9.51. The first kappa shape index (κ1) is 14.5. The number of halogens is 1. The molecule has 4 nitrogen and oxygen atoms in total. The lowest BCUT2D eigenvalue weighted by Gasteiger charge is -2.11. The average molecular weight is 295 g/mol. The number of benzene rings is 1. The number of rotatable bonds is 4. The molecule has 1 heterocycles. The van der Waals surface area contributed by atoms with Crippen LogP contribution in [0.1, 0.15) is 23.5 Å². The first-order valence-corrected chi connectivity index (χ1v) is 6.99. The molecule has 0 aliphatic carbocycles. The Balaban J connectivity index is 2.13. The van der Waals surface area contributed by atoms with Gasteiger partial charge in [0.05, 0.1) is 11.5 Å². The molecule has 0 radical (unpaired) electrons. The van der Waals surface area contributed by atoms with Crippen LogP contribution >= 0.6 is 11.3 Å². The van der Waals surface area contributed by atoms with E-state index in [-0.39, 0.29) is 18.3 Å². The van der Waals surface area contributed by atoms with Gasteiger partial charge in [-0.3, -0.25) is 4.79 Å². The van der Waals surface area contributed by atoms with Gasteiger partial charge in [-0.05, 0) is 43.5 Å². The molecule has 20 heavy (non-hydrogen) atoms. The second-order valence-corrected chi connectivity index (χ2v) is 5.32. The summed E-state index contributed by atoms with van der Waals surface area (Å²) in [6.07, 6.45) is 0. The number of carbonyl (C=O) groups is 2. The van der Waals surface area contributed by atoms with Crippen LogP contribution in [0, 0.1) is 5.82 Å². The number of thiophene rings is 1. The van der Waals surface area contributed by atoms with Gasteiger partial charge in [-0.1, -0.05) is 0 Å². The minimum absolute atomic E-state index is 0.265. The van der Waals surface area contributed by atoms with Crippen LogP contribution in [-0.2, 0) is 9.53 Å². The number of amides is 1. The minimum Gasteiger partial charge on any atom is -0.464 e. The van der Waals surface area contributed by atoms with E-state index in [1.54, 1.807) is 26.0 Å². The number of ether oxygens (including phenoxy) is 1. The average Bonchev–Trinajstić information content (AvgIpc) is 2.81. The molecule has 1 unspecified atom stereocenters. The summed E-state index contributed by atoms with van der Waals surface area (Å²) in [4.78, 5) is 23.9. The standard InChI is InChI=1S/C14H14FNO3S/c1-3-19-14(18)8(2)16-13(17)12-7-9-6-10(15)4-5-11(9)20-12/h4-8H,3H2,1-2H3,(H,16,17). The Bertz CT molecular complexity index is 653. The highest BCUT2D eigenvalue weighted by atomic mass is 32.1. The number of hydrogen-bond donors (Lipinski definition) is 1. The van der Waals surface area contributed by atoms with Gasteiger partial charge in [-0.15, -0.1) is 11.3 Å². The highest BCUT2D eigenvalue weighted by Crippen LogP contribution is 2.26.